The summed E-state index contributed by atoms with van der Waals surface area (Å²) in [7, 11) is 0. The first-order valence-electron chi connectivity index (χ1n) is 7.35. The molecule has 0 heterocycles. The predicted molar refractivity (Wildman–Crippen MR) is 91.6 cm³/mol. The highest BCUT2D eigenvalue weighted by atomic mass is 16.1. The van der Waals surface area contributed by atoms with E-state index < -0.39 is 0 Å². The third-order valence-electron chi connectivity index (χ3n) is 4.62. The molecule has 2 aromatic rings. The number of hydrogen-bond donors (Lipinski definition) is 1. The monoisotopic (exact) mass is 294 g/mol. The van der Waals surface area contributed by atoms with Crippen molar-refractivity contribution in [1.29, 1.82) is 0 Å². The van der Waals surface area contributed by atoms with Crippen LogP contribution in [0.4, 0.5) is 0 Å². The number of carbonyl (C=O) groups is 1. The molecule has 114 valence electrons. The number of benzene rings is 2. The maximum absolute atomic E-state index is 13.0. The molecule has 0 aliphatic rings. The van der Waals surface area contributed by atoms with Crippen LogP contribution in [0.15, 0.2) is 35.4 Å². The van der Waals surface area contributed by atoms with Crippen LogP contribution in [0.5, 0.6) is 0 Å². The molecule has 0 atom stereocenters. The van der Waals surface area contributed by atoms with Gasteiger partial charge in [-0.3, -0.25) is 4.79 Å². The first-order valence-corrected chi connectivity index (χ1v) is 7.35. The molecular formula is C19H22N2O. The van der Waals surface area contributed by atoms with E-state index in [1.807, 2.05) is 44.2 Å². The van der Waals surface area contributed by atoms with Crippen LogP contribution in [0.3, 0.4) is 0 Å². The molecule has 2 rings (SSSR count). The van der Waals surface area contributed by atoms with Crippen LogP contribution in [-0.2, 0) is 0 Å². The molecule has 0 bridgehead atoms. The lowest BCUT2D eigenvalue weighted by atomic mass is 9.86. The summed E-state index contributed by atoms with van der Waals surface area (Å²) in [5.74, 6) is 5.40. The van der Waals surface area contributed by atoms with Gasteiger partial charge >= 0.3 is 0 Å². The molecule has 0 aromatic heterocycles. The number of Topliss-reactive ketones (excluding diaryl/α,β-unsaturated/α-hetero) is 1. The van der Waals surface area contributed by atoms with E-state index in [4.69, 9.17) is 5.84 Å². The van der Waals surface area contributed by atoms with Gasteiger partial charge in [-0.1, -0.05) is 30.3 Å². The van der Waals surface area contributed by atoms with Crippen molar-refractivity contribution < 1.29 is 4.79 Å². The maximum atomic E-state index is 13.0. The molecule has 0 spiro atoms. The molecule has 0 aliphatic heterocycles. The summed E-state index contributed by atoms with van der Waals surface area (Å²) < 4.78 is 0. The fraction of sp³-hybridized carbons (Fsp3) is 0.263. The number of hydrazone groups is 1. The Morgan fingerprint density at radius 2 is 1.27 bits per heavy atom. The average Bonchev–Trinajstić information content (AvgIpc) is 2.53. The molecule has 0 fully saturated rings. The molecule has 0 amide bonds. The third kappa shape index (κ3) is 2.54. The zero-order chi connectivity index (χ0) is 16.4. The Bertz CT molecular complexity index is 730. The van der Waals surface area contributed by atoms with Crippen LogP contribution in [-0.4, -0.2) is 11.5 Å². The standard InChI is InChI=1S/C19H22N2O/c1-11-12(2)14(4)17(15(5)13(11)3)19(22)18(21-20)16-9-7-6-8-10-16/h6-10H,20H2,1-5H3/b21-18-. The number of ketones is 1. The Hall–Kier alpha value is -2.42. The predicted octanol–water partition coefficient (Wildman–Crippen LogP) is 3.77. The van der Waals surface area contributed by atoms with Crippen LogP contribution in [0.2, 0.25) is 0 Å². The van der Waals surface area contributed by atoms with Crippen molar-refractivity contribution in [2.24, 2.45) is 10.9 Å². The van der Waals surface area contributed by atoms with Crippen molar-refractivity contribution >= 4 is 11.5 Å². The molecule has 0 unspecified atom stereocenters. The molecule has 2 N–H and O–H groups in total. The van der Waals surface area contributed by atoms with E-state index in [-0.39, 0.29) is 5.78 Å². The number of hydrogen-bond acceptors (Lipinski definition) is 3. The summed E-state index contributed by atoms with van der Waals surface area (Å²) in [6, 6.07) is 9.35. The normalized spacial score (nSPS) is 11.6. The molecule has 3 heteroatoms. The minimum atomic E-state index is -0.116. The number of nitrogens with zero attached hydrogens (tertiary/aromatic N) is 1. The second-order valence-electron chi connectivity index (χ2n) is 5.67. The molecule has 0 saturated carbocycles. The second kappa shape index (κ2) is 6.14. The van der Waals surface area contributed by atoms with Gasteiger partial charge in [0.15, 0.2) is 0 Å². The Balaban J connectivity index is 2.64. The summed E-state index contributed by atoms with van der Waals surface area (Å²) in [5, 5.41) is 3.77. The molecule has 0 radical (unpaired) electrons. The number of carbonyl (C=O) groups excluding carboxylic acids is 1. The van der Waals surface area contributed by atoms with E-state index in [2.05, 4.69) is 25.9 Å². The lowest BCUT2D eigenvalue weighted by Gasteiger charge is -2.18. The minimum absolute atomic E-state index is 0.116. The Morgan fingerprint density at radius 3 is 1.73 bits per heavy atom. The van der Waals surface area contributed by atoms with Gasteiger partial charge in [0.1, 0.15) is 5.71 Å². The van der Waals surface area contributed by atoms with Crippen molar-refractivity contribution in [3.63, 3.8) is 0 Å². The van der Waals surface area contributed by atoms with Crippen LogP contribution < -0.4 is 5.84 Å². The van der Waals surface area contributed by atoms with Crippen LogP contribution in [0.25, 0.3) is 0 Å². The highest BCUT2D eigenvalue weighted by Gasteiger charge is 2.23. The molecular weight excluding hydrogens is 272 g/mol. The van der Waals surface area contributed by atoms with Crippen LogP contribution in [0, 0.1) is 34.6 Å². The number of nitrogens with two attached hydrogens (primary N) is 1. The Labute approximate surface area is 131 Å². The fourth-order valence-electron chi connectivity index (χ4n) is 2.82. The van der Waals surface area contributed by atoms with Crippen molar-refractivity contribution in [3.05, 3.63) is 69.3 Å². The van der Waals surface area contributed by atoms with Crippen LogP contribution in [0.1, 0.15) is 43.7 Å². The number of rotatable bonds is 3. The van der Waals surface area contributed by atoms with E-state index >= 15 is 0 Å². The smallest absolute Gasteiger partial charge is 0.214 e. The molecule has 0 saturated heterocycles. The topological polar surface area (TPSA) is 55.5 Å². The van der Waals surface area contributed by atoms with Gasteiger partial charge < -0.3 is 5.84 Å². The summed E-state index contributed by atoms with van der Waals surface area (Å²) in [4.78, 5) is 13.0. The quantitative estimate of drug-likeness (QED) is 0.405. The van der Waals surface area contributed by atoms with Gasteiger partial charge in [-0.15, -0.1) is 0 Å². The zero-order valence-corrected chi connectivity index (χ0v) is 13.8. The van der Waals surface area contributed by atoms with Gasteiger partial charge in [-0.05, 0) is 62.4 Å². The SMILES string of the molecule is Cc1c(C)c(C)c(C(=O)/C(=N\N)c2ccccc2)c(C)c1C. The van der Waals surface area contributed by atoms with Crippen molar-refractivity contribution in [2.75, 3.05) is 0 Å². The van der Waals surface area contributed by atoms with Gasteiger partial charge in [-0.2, -0.15) is 5.10 Å². The lowest BCUT2D eigenvalue weighted by molar-refractivity contribution is 0.106. The maximum Gasteiger partial charge on any atom is 0.214 e. The van der Waals surface area contributed by atoms with Gasteiger partial charge in [0.25, 0.3) is 0 Å². The van der Waals surface area contributed by atoms with Gasteiger partial charge in [-0.25, -0.2) is 0 Å². The van der Waals surface area contributed by atoms with Gasteiger partial charge in [0.2, 0.25) is 5.78 Å². The first kappa shape index (κ1) is 16.0. The summed E-state index contributed by atoms with van der Waals surface area (Å²) in [5.41, 5.74) is 7.29. The second-order valence-corrected chi connectivity index (χ2v) is 5.67. The first-order chi connectivity index (χ1) is 10.4. The van der Waals surface area contributed by atoms with Gasteiger partial charge in [0, 0.05) is 11.1 Å². The largest absolute Gasteiger partial charge is 0.323 e. The van der Waals surface area contributed by atoms with Crippen molar-refractivity contribution in [1.82, 2.24) is 0 Å². The average molecular weight is 294 g/mol. The highest BCUT2D eigenvalue weighted by molar-refractivity contribution is 6.51. The molecule has 3 nitrogen and oxygen atoms in total. The summed E-state index contributed by atoms with van der Waals surface area (Å²) in [6.45, 7) is 10.2. The molecule has 0 aliphatic carbocycles. The van der Waals surface area contributed by atoms with E-state index in [1.165, 1.54) is 5.56 Å². The highest BCUT2D eigenvalue weighted by Crippen LogP contribution is 2.27. The van der Waals surface area contributed by atoms with Crippen molar-refractivity contribution in [3.8, 4) is 0 Å². The molecule has 22 heavy (non-hydrogen) atoms. The minimum Gasteiger partial charge on any atom is -0.323 e. The lowest BCUT2D eigenvalue weighted by Crippen LogP contribution is -2.21. The van der Waals surface area contributed by atoms with E-state index in [0.29, 0.717) is 11.3 Å². The van der Waals surface area contributed by atoms with E-state index in [0.717, 1.165) is 27.8 Å². The summed E-state index contributed by atoms with van der Waals surface area (Å²) in [6.07, 6.45) is 0. The van der Waals surface area contributed by atoms with Crippen molar-refractivity contribution in [2.45, 2.75) is 34.6 Å². The third-order valence-corrected chi connectivity index (χ3v) is 4.62. The van der Waals surface area contributed by atoms with E-state index in [1.54, 1.807) is 0 Å². The van der Waals surface area contributed by atoms with E-state index in [9.17, 15) is 4.79 Å². The summed E-state index contributed by atoms with van der Waals surface area (Å²) >= 11 is 0. The molecule has 2 aromatic carbocycles. The zero-order valence-electron chi connectivity index (χ0n) is 13.8. The fourth-order valence-corrected chi connectivity index (χ4v) is 2.82. The Morgan fingerprint density at radius 1 is 0.818 bits per heavy atom. The van der Waals surface area contributed by atoms with Crippen LogP contribution >= 0.6 is 0 Å². The Kier molecular flexibility index (Phi) is 4.45. The van der Waals surface area contributed by atoms with Gasteiger partial charge in [0.05, 0.1) is 0 Å².